The van der Waals surface area contributed by atoms with Crippen LogP contribution in [0.5, 0.6) is 0 Å². The quantitative estimate of drug-likeness (QED) is 0.838. The van der Waals surface area contributed by atoms with Crippen LogP contribution in [0.15, 0.2) is 36.4 Å². The number of amides is 1. The molecule has 0 unspecified atom stereocenters. The summed E-state index contributed by atoms with van der Waals surface area (Å²) in [6.07, 6.45) is -0.379. The molecule has 1 aliphatic carbocycles. The largest absolute Gasteiger partial charge is 0.416 e. The first-order valence-electron chi connectivity index (χ1n) is 6.17. The average Bonchev–Trinajstić information content (AvgIpc) is 2.85. The van der Waals surface area contributed by atoms with Crippen LogP contribution >= 0.6 is 0 Å². The number of alkyl halides is 3. The smallest absolute Gasteiger partial charge is 0.396 e. The summed E-state index contributed by atoms with van der Waals surface area (Å²) in [6.45, 7) is -0.00751. The number of nitrogens with one attached hydrogen (secondary N) is 1. The van der Waals surface area contributed by atoms with Crippen molar-refractivity contribution in [3.63, 3.8) is 0 Å². The lowest BCUT2D eigenvalue weighted by atomic mass is 10.1. The minimum absolute atomic E-state index is 0.00751. The van der Waals surface area contributed by atoms with Gasteiger partial charge in [-0.25, -0.2) is 0 Å². The molecule has 0 aromatic heterocycles. The molecular formula is C14H14F3NO2. The fraction of sp³-hybridized carbons (Fsp3) is 0.357. The first kappa shape index (κ1) is 14.6. The second-order valence-corrected chi connectivity index (χ2v) is 4.72. The molecule has 2 atom stereocenters. The highest BCUT2D eigenvalue weighted by atomic mass is 19.4. The van der Waals surface area contributed by atoms with Crippen molar-refractivity contribution in [2.45, 2.75) is 18.6 Å². The number of rotatable bonds is 3. The van der Waals surface area contributed by atoms with Crippen LogP contribution in [0, 0.1) is 5.92 Å². The third-order valence-corrected chi connectivity index (χ3v) is 3.18. The Bertz CT molecular complexity index is 525. The minimum atomic E-state index is -4.47. The Morgan fingerprint density at radius 1 is 1.35 bits per heavy atom. The van der Waals surface area contributed by atoms with Gasteiger partial charge in [0.15, 0.2) is 0 Å². The Hall–Kier alpha value is -1.82. The molecule has 2 rings (SSSR count). The summed E-state index contributed by atoms with van der Waals surface area (Å²) in [4.78, 5) is 11.9. The van der Waals surface area contributed by atoms with Crippen molar-refractivity contribution in [3.05, 3.63) is 47.5 Å². The van der Waals surface area contributed by atoms with Gasteiger partial charge in [-0.1, -0.05) is 18.2 Å². The number of hydrogen-bond acceptors (Lipinski definition) is 2. The van der Waals surface area contributed by atoms with Gasteiger partial charge in [0.1, 0.15) is 0 Å². The summed E-state index contributed by atoms with van der Waals surface area (Å²) in [5, 5.41) is 11.6. The van der Waals surface area contributed by atoms with Crippen LogP contribution in [-0.2, 0) is 6.18 Å². The number of carbonyl (C=O) groups is 1. The van der Waals surface area contributed by atoms with Gasteiger partial charge in [0.25, 0.3) is 5.91 Å². The highest BCUT2D eigenvalue weighted by Crippen LogP contribution is 2.29. The third-order valence-electron chi connectivity index (χ3n) is 3.18. The van der Waals surface area contributed by atoms with Gasteiger partial charge in [-0.15, -0.1) is 0 Å². The molecule has 1 amide bonds. The molecular weight excluding hydrogens is 271 g/mol. The number of benzene rings is 1. The zero-order valence-corrected chi connectivity index (χ0v) is 10.5. The Balaban J connectivity index is 2.05. The molecule has 6 heteroatoms. The van der Waals surface area contributed by atoms with E-state index in [4.69, 9.17) is 5.11 Å². The maximum Gasteiger partial charge on any atom is 0.416 e. The molecule has 0 saturated carbocycles. The fourth-order valence-electron chi connectivity index (χ4n) is 2.11. The zero-order valence-electron chi connectivity index (χ0n) is 10.5. The molecule has 0 radical (unpaired) electrons. The van der Waals surface area contributed by atoms with E-state index < -0.39 is 17.6 Å². The molecule has 108 valence electrons. The van der Waals surface area contributed by atoms with Crippen molar-refractivity contribution in [1.82, 2.24) is 5.32 Å². The summed E-state index contributed by atoms with van der Waals surface area (Å²) < 4.78 is 37.7. The van der Waals surface area contributed by atoms with E-state index >= 15 is 0 Å². The van der Waals surface area contributed by atoms with E-state index in [2.05, 4.69) is 5.32 Å². The Morgan fingerprint density at radius 2 is 2.10 bits per heavy atom. The van der Waals surface area contributed by atoms with E-state index in [0.717, 1.165) is 12.1 Å². The molecule has 0 aliphatic heterocycles. The van der Waals surface area contributed by atoms with Crippen molar-refractivity contribution in [2.75, 3.05) is 6.61 Å². The minimum Gasteiger partial charge on any atom is -0.396 e. The first-order valence-corrected chi connectivity index (χ1v) is 6.17. The van der Waals surface area contributed by atoms with Crippen molar-refractivity contribution in [1.29, 1.82) is 0 Å². The summed E-state index contributed by atoms with van der Waals surface area (Å²) in [7, 11) is 0. The van der Waals surface area contributed by atoms with Crippen LogP contribution < -0.4 is 5.32 Å². The Kier molecular flexibility index (Phi) is 4.13. The van der Waals surface area contributed by atoms with E-state index in [1.54, 1.807) is 12.2 Å². The Labute approximate surface area is 114 Å². The van der Waals surface area contributed by atoms with Crippen LogP contribution in [0.4, 0.5) is 13.2 Å². The summed E-state index contributed by atoms with van der Waals surface area (Å²) >= 11 is 0. The molecule has 0 heterocycles. The summed E-state index contributed by atoms with van der Waals surface area (Å²) in [6, 6.07) is 4.05. The van der Waals surface area contributed by atoms with Gasteiger partial charge in [0.05, 0.1) is 5.56 Å². The molecule has 3 nitrogen and oxygen atoms in total. The lowest BCUT2D eigenvalue weighted by molar-refractivity contribution is -0.137. The van der Waals surface area contributed by atoms with Crippen molar-refractivity contribution < 1.29 is 23.1 Å². The van der Waals surface area contributed by atoms with Crippen LogP contribution in [0.1, 0.15) is 22.3 Å². The fourth-order valence-corrected chi connectivity index (χ4v) is 2.11. The summed E-state index contributed by atoms with van der Waals surface area (Å²) in [5.74, 6) is -0.564. The number of hydrogen-bond donors (Lipinski definition) is 2. The highest BCUT2D eigenvalue weighted by molar-refractivity contribution is 5.94. The lowest BCUT2D eigenvalue weighted by Gasteiger charge is -2.13. The van der Waals surface area contributed by atoms with Crippen molar-refractivity contribution >= 4 is 5.91 Å². The van der Waals surface area contributed by atoms with E-state index in [1.165, 1.54) is 12.1 Å². The molecule has 0 saturated heterocycles. The molecule has 0 spiro atoms. The molecule has 1 aromatic rings. The van der Waals surface area contributed by atoms with Crippen LogP contribution in [0.25, 0.3) is 0 Å². The Morgan fingerprint density at radius 3 is 2.70 bits per heavy atom. The maximum absolute atomic E-state index is 12.6. The standard InChI is InChI=1S/C14H14F3NO2/c15-14(16,17)11-3-1-2-10(7-11)13(20)18-12-5-4-9(6-12)8-19/h1-5,7,9,12,19H,6,8H2,(H,18,20)/t9-,12+/m0/s1. The topological polar surface area (TPSA) is 49.3 Å². The van der Waals surface area contributed by atoms with Gasteiger partial charge in [0.2, 0.25) is 0 Å². The monoisotopic (exact) mass is 285 g/mol. The normalized spacial score (nSPS) is 22.0. The lowest BCUT2D eigenvalue weighted by Crippen LogP contribution is -2.33. The van der Waals surface area contributed by atoms with E-state index in [0.29, 0.717) is 6.42 Å². The third kappa shape index (κ3) is 3.39. The summed E-state index contributed by atoms with van der Waals surface area (Å²) in [5.41, 5.74) is -0.874. The molecule has 2 N–H and O–H groups in total. The molecule has 0 bridgehead atoms. The first-order chi connectivity index (χ1) is 9.40. The van der Waals surface area contributed by atoms with Crippen LogP contribution in [0.2, 0.25) is 0 Å². The van der Waals surface area contributed by atoms with Crippen LogP contribution in [0.3, 0.4) is 0 Å². The predicted molar refractivity (Wildman–Crippen MR) is 67.0 cm³/mol. The molecule has 1 aliphatic rings. The second kappa shape index (κ2) is 5.66. The SMILES string of the molecule is O=C(N[C@@H]1C=C[C@H](CO)C1)c1cccc(C(F)(F)F)c1. The number of aliphatic hydroxyl groups excluding tert-OH is 1. The van der Waals surface area contributed by atoms with Crippen LogP contribution in [-0.4, -0.2) is 23.7 Å². The van der Waals surface area contributed by atoms with Gasteiger partial charge in [0, 0.05) is 24.1 Å². The molecule has 1 aromatic carbocycles. The number of halogens is 3. The zero-order chi connectivity index (χ0) is 14.8. The number of aliphatic hydroxyl groups is 1. The maximum atomic E-state index is 12.6. The van der Waals surface area contributed by atoms with Crippen molar-refractivity contribution in [3.8, 4) is 0 Å². The van der Waals surface area contributed by atoms with Gasteiger partial charge in [-0.3, -0.25) is 4.79 Å². The predicted octanol–water partition coefficient (Wildman–Crippen LogP) is 2.37. The van der Waals surface area contributed by atoms with Gasteiger partial charge in [-0.2, -0.15) is 13.2 Å². The number of carbonyl (C=O) groups excluding carboxylic acids is 1. The van der Waals surface area contributed by atoms with E-state index in [-0.39, 0.29) is 24.1 Å². The second-order valence-electron chi connectivity index (χ2n) is 4.72. The molecule has 0 fully saturated rings. The van der Waals surface area contributed by atoms with Gasteiger partial charge >= 0.3 is 6.18 Å². The average molecular weight is 285 g/mol. The van der Waals surface area contributed by atoms with Gasteiger partial charge < -0.3 is 10.4 Å². The molecule has 20 heavy (non-hydrogen) atoms. The van der Waals surface area contributed by atoms with Gasteiger partial charge in [-0.05, 0) is 24.6 Å². The van der Waals surface area contributed by atoms with E-state index in [1.807, 2.05) is 0 Å². The highest BCUT2D eigenvalue weighted by Gasteiger charge is 2.31. The van der Waals surface area contributed by atoms with Crippen molar-refractivity contribution in [2.24, 2.45) is 5.92 Å². The van der Waals surface area contributed by atoms with E-state index in [9.17, 15) is 18.0 Å².